The molecule has 232 valence electrons. The summed E-state index contributed by atoms with van der Waals surface area (Å²) in [6, 6.07) is 2.61. The molecule has 0 bridgehead atoms. The highest BCUT2D eigenvalue weighted by molar-refractivity contribution is 7.57. The molecule has 0 aromatic heterocycles. The SMILES string of the molecule is CCCCC(C)[NH3+].CCCCC(C)[NH3+].CCCCC(C)[NH3+].CCCCC(C)[NH3+].O=P([O-])([O-])OP(=O)([O-])[O-]. The van der Waals surface area contributed by atoms with Crippen LogP contribution < -0.4 is 42.5 Å². The Kier molecular flexibility index (Phi) is 41.0. The molecule has 0 aromatic rings. The van der Waals surface area contributed by atoms with Crippen molar-refractivity contribution in [2.24, 2.45) is 0 Å². The normalized spacial score (nSPS) is 14.1. The molecule has 0 rings (SSSR count). The van der Waals surface area contributed by atoms with E-state index >= 15 is 0 Å². The van der Waals surface area contributed by atoms with Gasteiger partial charge in [0.25, 0.3) is 0 Å². The molecule has 0 radical (unpaired) electrons. The van der Waals surface area contributed by atoms with Crippen LogP contribution in [0, 0.1) is 0 Å². The van der Waals surface area contributed by atoms with E-state index in [1.54, 1.807) is 0 Å². The number of unbranched alkanes of at least 4 members (excludes halogenated alkanes) is 4. The van der Waals surface area contributed by atoms with Crippen molar-refractivity contribution in [3.8, 4) is 0 Å². The highest BCUT2D eigenvalue weighted by atomic mass is 31.3. The molecule has 0 aromatic carbocycles. The fourth-order valence-electron chi connectivity index (χ4n) is 2.33. The largest absolute Gasteiger partial charge is 0.790 e. The highest BCUT2D eigenvalue weighted by Crippen LogP contribution is 2.42. The van der Waals surface area contributed by atoms with Crippen LogP contribution in [-0.2, 0) is 13.4 Å². The highest BCUT2D eigenvalue weighted by Gasteiger charge is 1.95. The summed E-state index contributed by atoms with van der Waals surface area (Å²) >= 11 is 0. The molecular weight excluding hydrogens is 518 g/mol. The molecule has 4 atom stereocenters. The van der Waals surface area contributed by atoms with Gasteiger partial charge in [0.15, 0.2) is 0 Å². The van der Waals surface area contributed by atoms with Crippen molar-refractivity contribution in [3.63, 3.8) is 0 Å². The predicted octanol–water partition coefficient (Wildman–Crippen LogP) is -0.112. The molecule has 12 N–H and O–H groups in total. The molecule has 0 aliphatic heterocycles. The number of hydrogen-bond donors (Lipinski definition) is 4. The maximum absolute atomic E-state index is 9.32. The summed E-state index contributed by atoms with van der Waals surface area (Å²) in [4.78, 5) is 37.3. The molecule has 0 amide bonds. The molecule has 0 fully saturated rings. The molecule has 4 unspecified atom stereocenters. The van der Waals surface area contributed by atoms with Gasteiger partial charge in [0, 0.05) is 0 Å². The van der Waals surface area contributed by atoms with E-state index in [0.29, 0.717) is 24.2 Å². The van der Waals surface area contributed by atoms with E-state index in [9.17, 15) is 28.7 Å². The second kappa shape index (κ2) is 32.3. The summed E-state index contributed by atoms with van der Waals surface area (Å²) in [6.07, 6.45) is 15.7. The van der Waals surface area contributed by atoms with E-state index < -0.39 is 15.6 Å². The van der Waals surface area contributed by atoms with Crippen LogP contribution in [0.1, 0.15) is 132 Å². The Bertz CT molecular complexity index is 447. The maximum Gasteiger partial charge on any atom is 0.0815 e. The predicted molar refractivity (Wildman–Crippen MR) is 144 cm³/mol. The molecule has 37 heavy (non-hydrogen) atoms. The van der Waals surface area contributed by atoms with Crippen LogP contribution >= 0.6 is 15.6 Å². The van der Waals surface area contributed by atoms with E-state index in [0.717, 1.165) is 0 Å². The van der Waals surface area contributed by atoms with Crippen LogP contribution in [0.4, 0.5) is 0 Å². The molecule has 11 nitrogen and oxygen atoms in total. The monoisotopic (exact) mass is 582 g/mol. The lowest BCUT2D eigenvalue weighted by Crippen LogP contribution is -2.58. The molecule has 0 spiro atoms. The third-order valence-electron chi connectivity index (χ3n) is 4.40. The van der Waals surface area contributed by atoms with E-state index in [2.05, 4.69) is 82.6 Å². The van der Waals surface area contributed by atoms with Crippen LogP contribution in [0.15, 0.2) is 0 Å². The van der Waals surface area contributed by atoms with Gasteiger partial charge in [0.2, 0.25) is 0 Å². The summed E-state index contributed by atoms with van der Waals surface area (Å²) < 4.78 is 21.2. The van der Waals surface area contributed by atoms with Crippen molar-refractivity contribution in [2.75, 3.05) is 0 Å². The van der Waals surface area contributed by atoms with Crippen LogP contribution in [0.5, 0.6) is 0 Å². The molecule has 0 aliphatic rings. The zero-order valence-electron chi connectivity index (χ0n) is 25.4. The first-order chi connectivity index (χ1) is 16.8. The first-order valence-corrected chi connectivity index (χ1v) is 16.8. The van der Waals surface area contributed by atoms with Gasteiger partial charge in [0.1, 0.15) is 0 Å². The Morgan fingerprint density at radius 2 is 0.676 bits per heavy atom. The Morgan fingerprint density at radius 3 is 0.703 bits per heavy atom. The van der Waals surface area contributed by atoms with Crippen molar-refractivity contribution < 1.29 is 55.9 Å². The van der Waals surface area contributed by atoms with Crippen molar-refractivity contribution >= 4 is 15.6 Å². The summed E-state index contributed by atoms with van der Waals surface area (Å²) in [7, 11) is -11.4. The van der Waals surface area contributed by atoms with Crippen molar-refractivity contribution in [3.05, 3.63) is 0 Å². The minimum Gasteiger partial charge on any atom is -0.790 e. The average molecular weight is 583 g/mol. The number of hydrogen-bond acceptors (Lipinski definition) is 7. The lowest BCUT2D eigenvalue weighted by atomic mass is 10.2. The first-order valence-electron chi connectivity index (χ1n) is 13.9. The van der Waals surface area contributed by atoms with E-state index in [-0.39, 0.29) is 0 Å². The van der Waals surface area contributed by atoms with Gasteiger partial charge in [-0.3, -0.25) is 0 Å². The van der Waals surface area contributed by atoms with E-state index in [1.807, 2.05) is 0 Å². The third kappa shape index (κ3) is 85.9. The number of rotatable bonds is 14. The van der Waals surface area contributed by atoms with Crippen molar-refractivity contribution in [1.82, 2.24) is 0 Å². The first kappa shape index (κ1) is 46.9. The molecule has 0 saturated carbocycles. The smallest absolute Gasteiger partial charge is 0.0815 e. The summed E-state index contributed by atoms with van der Waals surface area (Å²) in [5.41, 5.74) is 15.5. The lowest BCUT2D eigenvalue weighted by molar-refractivity contribution is -0.415. The quantitative estimate of drug-likeness (QED) is 0.202. The molecular formula is C24H64N4O7P2. The van der Waals surface area contributed by atoms with Crippen LogP contribution in [0.2, 0.25) is 0 Å². The van der Waals surface area contributed by atoms with Crippen LogP contribution in [0.25, 0.3) is 0 Å². The fourth-order valence-corrected chi connectivity index (χ4v) is 3.31. The van der Waals surface area contributed by atoms with Crippen LogP contribution in [-0.4, -0.2) is 24.2 Å². The van der Waals surface area contributed by atoms with Gasteiger partial charge in [-0.1, -0.05) is 53.4 Å². The van der Waals surface area contributed by atoms with Crippen molar-refractivity contribution in [2.45, 2.75) is 157 Å². The fraction of sp³-hybridized carbons (Fsp3) is 1.00. The Morgan fingerprint density at radius 1 is 0.514 bits per heavy atom. The minimum atomic E-state index is -5.68. The van der Waals surface area contributed by atoms with Crippen LogP contribution in [0.3, 0.4) is 0 Å². The van der Waals surface area contributed by atoms with Crippen molar-refractivity contribution in [1.29, 1.82) is 0 Å². The zero-order chi connectivity index (χ0) is 30.5. The summed E-state index contributed by atoms with van der Waals surface area (Å²) in [6.45, 7) is 17.5. The Balaban J connectivity index is -0.000000116. The average Bonchev–Trinajstić information content (AvgIpc) is 2.72. The lowest BCUT2D eigenvalue weighted by Gasteiger charge is -2.39. The molecule has 0 saturated heterocycles. The molecule has 13 heteroatoms. The standard InChI is InChI=1S/4C6H15N.H4O7P2/c4*1-3-4-5-6(2)7;1-8(2,3)7-9(4,5)6/h4*6H,3-5,7H2,1-2H3;(H2,1,2,3)(H2,4,5,6). The maximum atomic E-state index is 9.32. The van der Waals surface area contributed by atoms with Gasteiger partial charge < -0.3 is 55.9 Å². The Hall–Kier alpha value is 0.100. The second-order valence-electron chi connectivity index (χ2n) is 9.97. The summed E-state index contributed by atoms with van der Waals surface area (Å²) in [5, 5.41) is 0. The number of phosphoric acid groups is 2. The Labute approximate surface area is 228 Å². The summed E-state index contributed by atoms with van der Waals surface area (Å²) in [5.74, 6) is 0. The van der Waals surface area contributed by atoms with Gasteiger partial charge >= 0.3 is 0 Å². The van der Waals surface area contributed by atoms with E-state index in [4.69, 9.17) is 0 Å². The van der Waals surface area contributed by atoms with Gasteiger partial charge in [-0.05, 0) is 79.1 Å². The third-order valence-corrected chi connectivity index (χ3v) is 6.00. The second-order valence-corrected chi connectivity index (χ2v) is 12.4. The van der Waals surface area contributed by atoms with Gasteiger partial charge in [-0.25, -0.2) is 0 Å². The molecule has 0 heterocycles. The van der Waals surface area contributed by atoms with Gasteiger partial charge in [-0.2, -0.15) is 0 Å². The van der Waals surface area contributed by atoms with Gasteiger partial charge in [-0.15, -0.1) is 0 Å². The minimum absolute atomic E-state index is 0.653. The topological polar surface area (TPSA) is 246 Å². The van der Waals surface area contributed by atoms with Gasteiger partial charge in [0.05, 0.1) is 39.8 Å². The molecule has 0 aliphatic carbocycles. The zero-order valence-corrected chi connectivity index (χ0v) is 27.2. The van der Waals surface area contributed by atoms with E-state index in [1.165, 1.54) is 77.0 Å². The number of quaternary nitrogens is 4.